The first-order valence-corrected chi connectivity index (χ1v) is 6.78. The molecule has 0 spiro atoms. The molecular formula is C14H13F2NO2S. The number of nitrogens with two attached hydrogens (primary N) is 1. The van der Waals surface area contributed by atoms with Crippen molar-refractivity contribution in [2.75, 3.05) is 12.3 Å². The van der Waals surface area contributed by atoms with Gasteiger partial charge in [0, 0.05) is 10.4 Å². The molecule has 0 bridgehead atoms. The molecule has 20 heavy (non-hydrogen) atoms. The van der Waals surface area contributed by atoms with Crippen molar-refractivity contribution >= 4 is 23.0 Å². The molecule has 106 valence electrons. The van der Waals surface area contributed by atoms with Gasteiger partial charge in [0.1, 0.15) is 16.5 Å². The molecule has 1 aromatic heterocycles. The summed E-state index contributed by atoms with van der Waals surface area (Å²) in [5, 5.41) is 0. The zero-order valence-electron chi connectivity index (χ0n) is 11.0. The van der Waals surface area contributed by atoms with E-state index in [0.717, 1.165) is 29.5 Å². The molecule has 2 N–H and O–H groups in total. The average Bonchev–Trinajstić information content (AvgIpc) is 2.70. The number of carbonyl (C=O) groups excluding carboxylic acids is 1. The van der Waals surface area contributed by atoms with E-state index in [1.807, 2.05) is 0 Å². The molecule has 1 aromatic carbocycles. The van der Waals surface area contributed by atoms with E-state index in [1.165, 1.54) is 0 Å². The minimum atomic E-state index is -0.564. The van der Waals surface area contributed by atoms with Crippen molar-refractivity contribution in [3.8, 4) is 10.4 Å². The Hall–Kier alpha value is -1.95. The van der Waals surface area contributed by atoms with E-state index in [1.54, 1.807) is 13.8 Å². The molecule has 2 aromatic rings. The number of hydrogen-bond donors (Lipinski definition) is 1. The van der Waals surface area contributed by atoms with Gasteiger partial charge in [-0.25, -0.2) is 13.6 Å². The molecular weight excluding hydrogens is 284 g/mol. The van der Waals surface area contributed by atoms with Gasteiger partial charge in [0.2, 0.25) is 0 Å². The van der Waals surface area contributed by atoms with Crippen LogP contribution in [0.1, 0.15) is 22.2 Å². The van der Waals surface area contributed by atoms with E-state index in [0.29, 0.717) is 10.4 Å². The highest BCUT2D eigenvalue weighted by Gasteiger charge is 2.22. The molecule has 0 fully saturated rings. The highest BCUT2D eigenvalue weighted by atomic mass is 32.1. The van der Waals surface area contributed by atoms with E-state index in [4.69, 9.17) is 10.5 Å². The number of hydrogen-bond acceptors (Lipinski definition) is 4. The number of ether oxygens (including phenoxy) is 1. The fraction of sp³-hybridized carbons (Fsp3) is 0.214. The quantitative estimate of drug-likeness (QED) is 0.878. The summed E-state index contributed by atoms with van der Waals surface area (Å²) in [7, 11) is 0. The predicted molar refractivity (Wildman–Crippen MR) is 74.8 cm³/mol. The van der Waals surface area contributed by atoms with E-state index < -0.39 is 17.6 Å². The monoisotopic (exact) mass is 297 g/mol. The summed E-state index contributed by atoms with van der Waals surface area (Å²) >= 11 is 1.00. The van der Waals surface area contributed by atoms with Crippen LogP contribution in [-0.2, 0) is 4.74 Å². The summed E-state index contributed by atoms with van der Waals surface area (Å²) in [6.45, 7) is 3.56. The second kappa shape index (κ2) is 5.58. The lowest BCUT2D eigenvalue weighted by Gasteiger charge is -2.02. The van der Waals surface area contributed by atoms with Gasteiger partial charge in [-0.3, -0.25) is 0 Å². The number of anilines is 1. The van der Waals surface area contributed by atoms with Crippen LogP contribution >= 0.6 is 11.3 Å². The molecule has 0 saturated carbocycles. The lowest BCUT2D eigenvalue weighted by molar-refractivity contribution is 0.0533. The minimum absolute atomic E-state index is 0.0924. The van der Waals surface area contributed by atoms with Crippen LogP contribution in [0, 0.1) is 18.6 Å². The molecule has 1 heterocycles. The summed E-state index contributed by atoms with van der Waals surface area (Å²) in [6.07, 6.45) is 0. The van der Waals surface area contributed by atoms with E-state index >= 15 is 0 Å². The first-order valence-electron chi connectivity index (χ1n) is 5.97. The van der Waals surface area contributed by atoms with E-state index in [2.05, 4.69) is 0 Å². The smallest absolute Gasteiger partial charge is 0.350 e. The normalized spacial score (nSPS) is 10.6. The van der Waals surface area contributed by atoms with Crippen LogP contribution in [0.2, 0.25) is 0 Å². The summed E-state index contributed by atoms with van der Waals surface area (Å²) < 4.78 is 32.0. The predicted octanol–water partition coefficient (Wildman–Crippen LogP) is 3.76. The number of benzene rings is 1. The maximum absolute atomic E-state index is 13.8. The zero-order valence-corrected chi connectivity index (χ0v) is 11.8. The Balaban J connectivity index is 2.56. The second-order valence-corrected chi connectivity index (χ2v) is 5.16. The summed E-state index contributed by atoms with van der Waals surface area (Å²) in [6, 6.07) is 3.17. The molecule has 0 unspecified atom stereocenters. The lowest BCUT2D eigenvalue weighted by atomic mass is 10.1. The van der Waals surface area contributed by atoms with Crippen LogP contribution in [0.25, 0.3) is 10.4 Å². The maximum Gasteiger partial charge on any atom is 0.350 e. The highest BCUT2D eigenvalue weighted by Crippen LogP contribution is 2.39. The van der Waals surface area contributed by atoms with Crippen LogP contribution in [-0.4, -0.2) is 12.6 Å². The number of rotatable bonds is 3. The van der Waals surface area contributed by atoms with Crippen LogP contribution in [0.3, 0.4) is 0 Å². The third-order valence-corrected chi connectivity index (χ3v) is 4.15. The van der Waals surface area contributed by atoms with Gasteiger partial charge in [0.25, 0.3) is 0 Å². The van der Waals surface area contributed by atoms with Crippen molar-refractivity contribution in [3.63, 3.8) is 0 Å². The van der Waals surface area contributed by atoms with Gasteiger partial charge in [-0.05, 0) is 37.6 Å². The van der Waals surface area contributed by atoms with Crippen LogP contribution in [0.5, 0.6) is 0 Å². The van der Waals surface area contributed by atoms with Gasteiger partial charge in [0.15, 0.2) is 0 Å². The van der Waals surface area contributed by atoms with Crippen molar-refractivity contribution in [1.82, 2.24) is 0 Å². The van der Waals surface area contributed by atoms with Crippen LogP contribution < -0.4 is 5.73 Å². The molecule has 0 aliphatic rings. The zero-order chi connectivity index (χ0) is 14.9. The highest BCUT2D eigenvalue weighted by molar-refractivity contribution is 7.18. The number of nitrogen functional groups attached to an aromatic ring is 1. The second-order valence-electron chi connectivity index (χ2n) is 4.14. The number of thiophene rings is 1. The fourth-order valence-electron chi connectivity index (χ4n) is 1.80. The molecule has 3 nitrogen and oxygen atoms in total. The van der Waals surface area contributed by atoms with Crippen molar-refractivity contribution in [1.29, 1.82) is 0 Å². The van der Waals surface area contributed by atoms with Crippen molar-refractivity contribution < 1.29 is 18.3 Å². The Kier molecular flexibility index (Phi) is 4.04. The summed E-state index contributed by atoms with van der Waals surface area (Å²) in [4.78, 5) is 12.4. The SMILES string of the molecule is CCOC(=O)c1sc(-c2cc(F)ccc2F)c(C)c1N. The van der Waals surface area contributed by atoms with E-state index in [9.17, 15) is 13.6 Å². The first-order chi connectivity index (χ1) is 9.45. The summed E-state index contributed by atoms with van der Waals surface area (Å²) in [5.74, 6) is -1.67. The van der Waals surface area contributed by atoms with Crippen molar-refractivity contribution in [2.24, 2.45) is 0 Å². The third kappa shape index (κ3) is 2.51. The topological polar surface area (TPSA) is 52.3 Å². The average molecular weight is 297 g/mol. The Bertz CT molecular complexity index is 667. The fourth-order valence-corrected chi connectivity index (χ4v) is 2.94. The number of esters is 1. The van der Waals surface area contributed by atoms with Gasteiger partial charge < -0.3 is 10.5 Å². The third-order valence-electron chi connectivity index (χ3n) is 2.83. The van der Waals surface area contributed by atoms with Gasteiger partial charge in [-0.2, -0.15) is 0 Å². The number of carbonyl (C=O) groups is 1. The Morgan fingerprint density at radius 2 is 2.10 bits per heavy atom. The van der Waals surface area contributed by atoms with Gasteiger partial charge in [-0.15, -0.1) is 11.3 Å². The largest absolute Gasteiger partial charge is 0.462 e. The minimum Gasteiger partial charge on any atom is -0.462 e. The van der Waals surface area contributed by atoms with Crippen LogP contribution in [0.15, 0.2) is 18.2 Å². The molecule has 0 amide bonds. The molecule has 0 atom stereocenters. The molecule has 0 aliphatic carbocycles. The van der Waals surface area contributed by atoms with Gasteiger partial charge in [0.05, 0.1) is 12.3 Å². The van der Waals surface area contributed by atoms with Crippen LogP contribution in [0.4, 0.5) is 14.5 Å². The lowest BCUT2D eigenvalue weighted by Crippen LogP contribution is -2.05. The Morgan fingerprint density at radius 1 is 1.40 bits per heavy atom. The van der Waals surface area contributed by atoms with Crippen molar-refractivity contribution in [2.45, 2.75) is 13.8 Å². The maximum atomic E-state index is 13.8. The Morgan fingerprint density at radius 3 is 2.75 bits per heavy atom. The first kappa shape index (κ1) is 14.5. The Labute approximate surface area is 119 Å². The molecule has 6 heteroatoms. The van der Waals surface area contributed by atoms with E-state index in [-0.39, 0.29) is 22.7 Å². The molecule has 0 saturated heterocycles. The molecule has 0 radical (unpaired) electrons. The molecule has 0 aliphatic heterocycles. The standard InChI is InChI=1S/C14H13F2NO2S/c1-3-19-14(18)13-11(17)7(2)12(20-13)9-6-8(15)4-5-10(9)16/h4-6H,3,17H2,1-2H3. The van der Waals surface area contributed by atoms with Crippen molar-refractivity contribution in [3.05, 3.63) is 40.3 Å². The molecule has 2 rings (SSSR count). The van der Waals surface area contributed by atoms with Gasteiger partial charge >= 0.3 is 5.97 Å². The van der Waals surface area contributed by atoms with Gasteiger partial charge in [-0.1, -0.05) is 0 Å². The number of halogens is 2. The summed E-state index contributed by atoms with van der Waals surface area (Å²) in [5.41, 5.74) is 6.73.